The van der Waals surface area contributed by atoms with Crippen LogP contribution in [0.3, 0.4) is 0 Å². The van der Waals surface area contributed by atoms with Crippen LogP contribution in [-0.4, -0.2) is 84.7 Å². The predicted molar refractivity (Wildman–Crippen MR) is 179 cm³/mol. The molecule has 2 fully saturated rings. The fourth-order valence-corrected chi connectivity index (χ4v) is 6.58. The van der Waals surface area contributed by atoms with E-state index in [1.807, 2.05) is 41.3 Å². The van der Waals surface area contributed by atoms with E-state index in [1.54, 1.807) is 35.4 Å². The Kier molecular flexibility index (Phi) is 8.66. The number of carbonyl (C=O) groups excluding carboxylic acids is 1. The third-order valence-corrected chi connectivity index (χ3v) is 9.07. The Morgan fingerprint density at radius 1 is 0.979 bits per heavy atom. The van der Waals surface area contributed by atoms with Crippen LogP contribution >= 0.6 is 0 Å². The van der Waals surface area contributed by atoms with Gasteiger partial charge in [0, 0.05) is 43.8 Å². The summed E-state index contributed by atoms with van der Waals surface area (Å²) in [5, 5.41) is 30.7. The van der Waals surface area contributed by atoms with E-state index < -0.39 is 24.3 Å². The highest BCUT2D eigenvalue weighted by atomic mass is 16.3. The highest BCUT2D eigenvalue weighted by Crippen LogP contribution is 2.35. The van der Waals surface area contributed by atoms with E-state index in [9.17, 15) is 15.0 Å². The van der Waals surface area contributed by atoms with E-state index in [-0.39, 0.29) is 18.0 Å². The minimum atomic E-state index is -1.06. The molecule has 5 atom stereocenters. The van der Waals surface area contributed by atoms with Crippen molar-refractivity contribution in [2.75, 3.05) is 35.2 Å². The molecular formula is C34H38N10O3. The number of aromatic nitrogens is 5. The van der Waals surface area contributed by atoms with Gasteiger partial charge in [0.15, 0.2) is 17.0 Å². The normalized spacial score (nSPS) is 22.6. The molecule has 1 saturated carbocycles. The molecule has 1 saturated heterocycles. The molecule has 1 aliphatic heterocycles. The van der Waals surface area contributed by atoms with E-state index in [4.69, 9.17) is 15.7 Å². The Morgan fingerprint density at radius 2 is 1.72 bits per heavy atom. The summed E-state index contributed by atoms with van der Waals surface area (Å²) in [7, 11) is 0. The minimum Gasteiger partial charge on any atom is -0.389 e. The van der Waals surface area contributed by atoms with Gasteiger partial charge < -0.3 is 41.4 Å². The van der Waals surface area contributed by atoms with Gasteiger partial charge in [0.25, 0.3) is 0 Å². The number of rotatable bonds is 9. The molecule has 1 unspecified atom stereocenters. The van der Waals surface area contributed by atoms with Gasteiger partial charge in [0.2, 0.25) is 5.95 Å². The van der Waals surface area contributed by atoms with Crippen molar-refractivity contribution in [3.63, 3.8) is 0 Å². The van der Waals surface area contributed by atoms with E-state index in [1.165, 1.54) is 0 Å². The van der Waals surface area contributed by atoms with Crippen LogP contribution in [0.15, 0.2) is 91.5 Å². The van der Waals surface area contributed by atoms with Crippen molar-refractivity contribution in [2.24, 2.45) is 5.73 Å². The monoisotopic (exact) mass is 634 g/mol. The van der Waals surface area contributed by atoms with Crippen LogP contribution in [0.2, 0.25) is 0 Å². The van der Waals surface area contributed by atoms with E-state index >= 15 is 0 Å². The number of aliphatic hydroxyl groups is 2. The average Bonchev–Trinajstić information content (AvgIpc) is 3.81. The molecule has 0 bridgehead atoms. The number of anilines is 3. The van der Waals surface area contributed by atoms with Crippen LogP contribution in [-0.2, 0) is 0 Å². The molecule has 2 aliphatic rings. The van der Waals surface area contributed by atoms with Crippen LogP contribution in [0.25, 0.3) is 11.2 Å². The van der Waals surface area contributed by atoms with Gasteiger partial charge in [0.1, 0.15) is 6.10 Å². The second kappa shape index (κ2) is 13.3. The molecule has 242 valence electrons. The Balaban J connectivity index is 1.18. The van der Waals surface area contributed by atoms with E-state index in [0.717, 1.165) is 11.1 Å². The molecule has 2 amide bonds. The van der Waals surface area contributed by atoms with E-state index in [2.05, 4.69) is 50.2 Å². The van der Waals surface area contributed by atoms with Crippen molar-refractivity contribution in [1.29, 1.82) is 0 Å². The zero-order valence-electron chi connectivity index (χ0n) is 25.7. The smallest absolute Gasteiger partial charge is 0.319 e. The van der Waals surface area contributed by atoms with Gasteiger partial charge in [0.05, 0.1) is 30.4 Å². The zero-order chi connectivity index (χ0) is 32.3. The molecule has 13 heteroatoms. The molecular weight excluding hydrogens is 596 g/mol. The van der Waals surface area contributed by atoms with Crippen molar-refractivity contribution in [2.45, 2.75) is 49.1 Å². The lowest BCUT2D eigenvalue weighted by Crippen LogP contribution is -2.40. The van der Waals surface area contributed by atoms with Crippen molar-refractivity contribution in [1.82, 2.24) is 29.8 Å². The number of aliphatic hydroxyl groups excluding tert-OH is 2. The Hall–Kier alpha value is -5.11. The van der Waals surface area contributed by atoms with Crippen molar-refractivity contribution in [3.8, 4) is 0 Å². The molecule has 0 spiro atoms. The van der Waals surface area contributed by atoms with Crippen LogP contribution in [0, 0.1) is 0 Å². The number of carbonyl (C=O) groups is 1. The Morgan fingerprint density at radius 3 is 2.38 bits per heavy atom. The van der Waals surface area contributed by atoms with Crippen LogP contribution < -0.4 is 26.6 Å². The number of hydrogen-bond acceptors (Lipinski definition) is 10. The van der Waals surface area contributed by atoms with Gasteiger partial charge in [-0.25, -0.2) is 9.78 Å². The molecule has 4 heterocycles. The fourth-order valence-electron chi connectivity index (χ4n) is 6.58. The number of fused-ring (bicyclic) bond motifs is 1. The lowest BCUT2D eigenvalue weighted by molar-refractivity contribution is 0.0187. The number of hydrogen-bond donors (Lipinski definition) is 6. The molecule has 3 aromatic heterocycles. The van der Waals surface area contributed by atoms with Crippen LogP contribution in [0.1, 0.15) is 35.9 Å². The summed E-state index contributed by atoms with van der Waals surface area (Å²) in [6.45, 7) is 1.68. The molecule has 7 rings (SSSR count). The first kappa shape index (κ1) is 30.5. The SMILES string of the molecule is N[C@H]1C[C@@H](n2cnc3c(NCC(c4ccccc4)c4ccccc4)nc(N4CCC(NC(=O)Nc5cccnc5)C4)nc32)[C@H](O)[C@@H]1O. The van der Waals surface area contributed by atoms with Crippen LogP contribution in [0.5, 0.6) is 0 Å². The summed E-state index contributed by atoms with van der Waals surface area (Å²) in [6.07, 6.45) is 3.85. The van der Waals surface area contributed by atoms with Crippen molar-refractivity contribution >= 4 is 34.6 Å². The fraction of sp³-hybridized carbons (Fsp3) is 0.324. The summed E-state index contributed by atoms with van der Waals surface area (Å²) in [6, 6.07) is 22.7. The summed E-state index contributed by atoms with van der Waals surface area (Å²) < 4.78 is 1.80. The highest BCUT2D eigenvalue weighted by molar-refractivity contribution is 5.89. The van der Waals surface area contributed by atoms with Gasteiger partial charge >= 0.3 is 6.03 Å². The first-order valence-corrected chi connectivity index (χ1v) is 15.9. The maximum atomic E-state index is 12.7. The van der Waals surface area contributed by atoms with Crippen molar-refractivity contribution < 1.29 is 15.0 Å². The zero-order valence-corrected chi connectivity index (χ0v) is 25.7. The average molecular weight is 635 g/mol. The maximum Gasteiger partial charge on any atom is 0.319 e. The molecule has 7 N–H and O–H groups in total. The number of imidazole rings is 1. The number of benzene rings is 2. The quantitative estimate of drug-likeness (QED) is 0.141. The van der Waals surface area contributed by atoms with Gasteiger partial charge in [-0.1, -0.05) is 60.7 Å². The lowest BCUT2D eigenvalue weighted by Gasteiger charge is -2.22. The summed E-state index contributed by atoms with van der Waals surface area (Å²) >= 11 is 0. The van der Waals surface area contributed by atoms with Gasteiger partial charge in [-0.05, 0) is 36.1 Å². The lowest BCUT2D eigenvalue weighted by atomic mass is 9.91. The molecule has 13 nitrogen and oxygen atoms in total. The van der Waals surface area contributed by atoms with Crippen LogP contribution in [0.4, 0.5) is 22.2 Å². The first-order chi connectivity index (χ1) is 22.9. The predicted octanol–water partition coefficient (Wildman–Crippen LogP) is 2.86. The standard InChI is InChI=1S/C34H38N10O3/c35-26-16-27(30(46)29(26)45)44-20-38-28-31(37-18-25(21-8-3-1-4-9-21)22-10-5-2-6-11-22)41-33(42-32(28)44)43-15-13-24(19-43)40-34(47)39-23-12-7-14-36-17-23/h1-12,14,17,20,24-27,29-30,45-46H,13,15-16,18-19,35H2,(H,37,41,42)(H2,39,40,47)/t24?,26-,27+,29+,30-/m0/s1. The summed E-state index contributed by atoms with van der Waals surface area (Å²) in [4.78, 5) is 33.4. The largest absolute Gasteiger partial charge is 0.389 e. The van der Waals surface area contributed by atoms with Gasteiger partial charge in [-0.3, -0.25) is 4.98 Å². The first-order valence-electron chi connectivity index (χ1n) is 15.9. The molecule has 47 heavy (non-hydrogen) atoms. The number of urea groups is 1. The third kappa shape index (κ3) is 6.45. The van der Waals surface area contributed by atoms with Gasteiger partial charge in [-0.15, -0.1) is 0 Å². The Bertz CT molecular complexity index is 1770. The number of pyridine rings is 1. The second-order valence-corrected chi connectivity index (χ2v) is 12.2. The van der Waals surface area contributed by atoms with Gasteiger partial charge in [-0.2, -0.15) is 9.97 Å². The number of amides is 2. The summed E-state index contributed by atoms with van der Waals surface area (Å²) in [5.41, 5.74) is 10.2. The molecule has 1 aliphatic carbocycles. The molecule has 0 radical (unpaired) electrons. The number of nitrogens with one attached hydrogen (secondary N) is 3. The second-order valence-electron chi connectivity index (χ2n) is 12.2. The minimum absolute atomic E-state index is 0.0384. The number of nitrogens with two attached hydrogens (primary N) is 1. The third-order valence-electron chi connectivity index (χ3n) is 9.07. The van der Waals surface area contributed by atoms with Crippen molar-refractivity contribution in [3.05, 3.63) is 103 Å². The topological polar surface area (TPSA) is 179 Å². The molecule has 2 aromatic carbocycles. The Labute approximate surface area is 271 Å². The highest BCUT2D eigenvalue weighted by Gasteiger charge is 2.41. The molecule has 5 aromatic rings. The maximum absolute atomic E-state index is 12.7. The van der Waals surface area contributed by atoms with E-state index in [0.29, 0.717) is 61.1 Å². The summed E-state index contributed by atoms with van der Waals surface area (Å²) in [5.74, 6) is 1.08. The number of nitrogens with zero attached hydrogens (tertiary/aromatic N) is 6.